The van der Waals surface area contributed by atoms with Crippen molar-refractivity contribution >= 4 is 11.9 Å². The Labute approximate surface area is 150 Å². The first-order valence-electron chi connectivity index (χ1n) is 8.11. The Balaban J connectivity index is 1.69. The van der Waals surface area contributed by atoms with E-state index in [-0.39, 0.29) is 17.6 Å². The standard InChI is InChI=1S/C18H19N3O5/c1-24-15-9-19-10-16(20-15)26-12-7-8-21(11-12)17(22)13-5-3-4-6-14(13)18(23)25-2/h3-6,9-10,12H,7-8,11H2,1-2H3. The molecule has 1 aromatic carbocycles. The number of methoxy groups -OCH3 is 2. The van der Waals surface area contributed by atoms with E-state index in [4.69, 9.17) is 14.2 Å². The van der Waals surface area contributed by atoms with Crippen LogP contribution in [0, 0.1) is 0 Å². The molecule has 136 valence electrons. The first-order chi connectivity index (χ1) is 12.6. The van der Waals surface area contributed by atoms with Gasteiger partial charge in [0.05, 0.1) is 44.3 Å². The van der Waals surface area contributed by atoms with Gasteiger partial charge in [0.15, 0.2) is 0 Å². The summed E-state index contributed by atoms with van der Waals surface area (Å²) in [6, 6.07) is 6.61. The number of esters is 1. The lowest BCUT2D eigenvalue weighted by Crippen LogP contribution is -2.32. The minimum Gasteiger partial charge on any atom is -0.480 e. The summed E-state index contributed by atoms with van der Waals surface area (Å²) in [4.78, 5) is 34.5. The molecule has 0 aliphatic carbocycles. The maximum Gasteiger partial charge on any atom is 0.338 e. The van der Waals surface area contributed by atoms with Gasteiger partial charge in [-0.2, -0.15) is 4.98 Å². The van der Waals surface area contributed by atoms with E-state index in [0.717, 1.165) is 0 Å². The fourth-order valence-corrected chi connectivity index (χ4v) is 2.79. The molecule has 0 saturated carbocycles. The number of ether oxygens (including phenoxy) is 3. The highest BCUT2D eigenvalue weighted by Crippen LogP contribution is 2.21. The quantitative estimate of drug-likeness (QED) is 0.750. The van der Waals surface area contributed by atoms with Crippen molar-refractivity contribution in [1.82, 2.24) is 14.9 Å². The summed E-state index contributed by atoms with van der Waals surface area (Å²) in [7, 11) is 2.79. The van der Waals surface area contributed by atoms with Crippen molar-refractivity contribution in [2.75, 3.05) is 27.3 Å². The molecule has 1 aromatic heterocycles. The summed E-state index contributed by atoms with van der Waals surface area (Å²) in [5.41, 5.74) is 0.573. The fourth-order valence-electron chi connectivity index (χ4n) is 2.79. The summed E-state index contributed by atoms with van der Waals surface area (Å²) in [6.45, 7) is 0.920. The van der Waals surface area contributed by atoms with Gasteiger partial charge < -0.3 is 19.1 Å². The average molecular weight is 357 g/mol. The second-order valence-corrected chi connectivity index (χ2v) is 5.72. The second-order valence-electron chi connectivity index (χ2n) is 5.72. The number of carbonyl (C=O) groups excluding carboxylic acids is 2. The number of rotatable bonds is 5. The van der Waals surface area contributed by atoms with E-state index < -0.39 is 5.97 Å². The van der Waals surface area contributed by atoms with Gasteiger partial charge in [0.1, 0.15) is 6.10 Å². The Morgan fingerprint density at radius 1 is 1.12 bits per heavy atom. The van der Waals surface area contributed by atoms with Crippen molar-refractivity contribution in [2.45, 2.75) is 12.5 Å². The zero-order chi connectivity index (χ0) is 18.5. The molecule has 0 N–H and O–H groups in total. The highest BCUT2D eigenvalue weighted by atomic mass is 16.5. The highest BCUT2D eigenvalue weighted by Gasteiger charge is 2.30. The molecule has 0 bridgehead atoms. The largest absolute Gasteiger partial charge is 0.480 e. The van der Waals surface area contributed by atoms with Crippen LogP contribution in [0.5, 0.6) is 11.8 Å². The van der Waals surface area contributed by atoms with Gasteiger partial charge in [-0.05, 0) is 12.1 Å². The fraction of sp³-hybridized carbons (Fsp3) is 0.333. The minimum atomic E-state index is -0.535. The molecular formula is C18H19N3O5. The lowest BCUT2D eigenvalue weighted by molar-refractivity contribution is 0.0591. The smallest absolute Gasteiger partial charge is 0.338 e. The molecule has 8 heteroatoms. The SMILES string of the molecule is COC(=O)c1ccccc1C(=O)N1CCC(Oc2cncc(OC)n2)C1. The van der Waals surface area contributed by atoms with Crippen LogP contribution in [0.15, 0.2) is 36.7 Å². The van der Waals surface area contributed by atoms with E-state index in [0.29, 0.717) is 36.8 Å². The molecule has 0 spiro atoms. The monoisotopic (exact) mass is 357 g/mol. The van der Waals surface area contributed by atoms with E-state index in [1.807, 2.05) is 0 Å². The number of hydrogen-bond donors (Lipinski definition) is 0. The topological polar surface area (TPSA) is 90.9 Å². The van der Waals surface area contributed by atoms with Crippen molar-refractivity contribution in [3.8, 4) is 11.8 Å². The van der Waals surface area contributed by atoms with Crippen LogP contribution in [-0.2, 0) is 4.74 Å². The summed E-state index contributed by atoms with van der Waals surface area (Å²) in [5.74, 6) is -0.0551. The van der Waals surface area contributed by atoms with Crippen molar-refractivity contribution in [3.05, 3.63) is 47.8 Å². The molecule has 1 aliphatic rings. The predicted molar refractivity (Wildman–Crippen MR) is 91.3 cm³/mol. The van der Waals surface area contributed by atoms with Crippen molar-refractivity contribution in [3.63, 3.8) is 0 Å². The number of amides is 1. The molecule has 1 aliphatic heterocycles. The van der Waals surface area contributed by atoms with Gasteiger partial charge >= 0.3 is 5.97 Å². The molecular weight excluding hydrogens is 338 g/mol. The number of benzene rings is 1. The number of hydrogen-bond acceptors (Lipinski definition) is 7. The number of aromatic nitrogens is 2. The third-order valence-electron chi connectivity index (χ3n) is 4.08. The van der Waals surface area contributed by atoms with Crippen molar-refractivity contribution in [2.24, 2.45) is 0 Å². The third-order valence-corrected chi connectivity index (χ3v) is 4.08. The van der Waals surface area contributed by atoms with E-state index in [1.54, 1.807) is 29.2 Å². The summed E-state index contributed by atoms with van der Waals surface area (Å²) in [5, 5.41) is 0. The lowest BCUT2D eigenvalue weighted by atomic mass is 10.1. The summed E-state index contributed by atoms with van der Waals surface area (Å²) < 4.78 is 15.6. The minimum absolute atomic E-state index is 0.203. The first-order valence-corrected chi connectivity index (χ1v) is 8.11. The Hall–Kier alpha value is -3.16. The van der Waals surface area contributed by atoms with Gasteiger partial charge in [-0.25, -0.2) is 4.79 Å². The molecule has 1 unspecified atom stereocenters. The third kappa shape index (κ3) is 3.74. The Bertz CT molecular complexity index is 811. The van der Waals surface area contributed by atoms with Crippen LogP contribution in [0.25, 0.3) is 0 Å². The van der Waals surface area contributed by atoms with E-state index in [1.165, 1.54) is 26.6 Å². The molecule has 3 rings (SSSR count). The van der Waals surface area contributed by atoms with Crippen molar-refractivity contribution < 1.29 is 23.8 Å². The van der Waals surface area contributed by atoms with Crippen LogP contribution in [0.1, 0.15) is 27.1 Å². The predicted octanol–water partition coefficient (Wildman–Crippen LogP) is 1.57. The van der Waals surface area contributed by atoms with Crippen LogP contribution in [-0.4, -0.2) is 60.2 Å². The molecule has 1 fully saturated rings. The van der Waals surface area contributed by atoms with Crippen molar-refractivity contribution in [1.29, 1.82) is 0 Å². The van der Waals surface area contributed by atoms with Crippen LogP contribution in [0.2, 0.25) is 0 Å². The Kier molecular flexibility index (Phi) is 5.31. The molecule has 1 amide bonds. The Morgan fingerprint density at radius 2 is 1.85 bits per heavy atom. The maximum atomic E-state index is 12.8. The average Bonchev–Trinajstić information content (AvgIpc) is 3.15. The number of carbonyl (C=O) groups is 2. The van der Waals surface area contributed by atoms with Gasteiger partial charge in [0, 0.05) is 13.0 Å². The van der Waals surface area contributed by atoms with Crippen LogP contribution < -0.4 is 9.47 Å². The number of likely N-dealkylation sites (tertiary alicyclic amines) is 1. The molecule has 2 heterocycles. The summed E-state index contributed by atoms with van der Waals surface area (Å²) >= 11 is 0. The Morgan fingerprint density at radius 3 is 2.58 bits per heavy atom. The molecule has 8 nitrogen and oxygen atoms in total. The van der Waals surface area contributed by atoms with Crippen LogP contribution in [0.3, 0.4) is 0 Å². The molecule has 1 atom stereocenters. The maximum absolute atomic E-state index is 12.8. The molecule has 0 radical (unpaired) electrons. The van der Waals surface area contributed by atoms with Gasteiger partial charge in [-0.1, -0.05) is 12.1 Å². The summed E-state index contributed by atoms with van der Waals surface area (Å²) in [6.07, 6.45) is 3.44. The van der Waals surface area contributed by atoms with Gasteiger partial charge in [-0.15, -0.1) is 0 Å². The lowest BCUT2D eigenvalue weighted by Gasteiger charge is -2.18. The van der Waals surface area contributed by atoms with Crippen LogP contribution in [0.4, 0.5) is 0 Å². The van der Waals surface area contributed by atoms with Gasteiger partial charge in [0.2, 0.25) is 11.8 Å². The second kappa shape index (κ2) is 7.81. The van der Waals surface area contributed by atoms with Gasteiger partial charge in [0.25, 0.3) is 5.91 Å². The zero-order valence-corrected chi connectivity index (χ0v) is 14.5. The first kappa shape index (κ1) is 17.7. The van der Waals surface area contributed by atoms with Gasteiger partial charge in [-0.3, -0.25) is 9.78 Å². The van der Waals surface area contributed by atoms with E-state index in [9.17, 15) is 9.59 Å². The zero-order valence-electron chi connectivity index (χ0n) is 14.5. The van der Waals surface area contributed by atoms with Crippen LogP contribution >= 0.6 is 0 Å². The number of nitrogens with zero attached hydrogens (tertiary/aromatic N) is 3. The molecule has 2 aromatic rings. The van der Waals surface area contributed by atoms with E-state index >= 15 is 0 Å². The molecule has 1 saturated heterocycles. The highest BCUT2D eigenvalue weighted by molar-refractivity contribution is 6.05. The van der Waals surface area contributed by atoms with E-state index in [2.05, 4.69) is 9.97 Å². The normalized spacial score (nSPS) is 16.2. The molecule has 26 heavy (non-hydrogen) atoms.